The number of rotatable bonds is 8. The quantitative estimate of drug-likeness (QED) is 0.564. The molecule has 0 saturated heterocycles. The van der Waals surface area contributed by atoms with Crippen molar-refractivity contribution in [3.05, 3.63) is 29.3 Å². The highest BCUT2D eigenvalue weighted by atomic mass is 16.5. The molecule has 1 saturated carbocycles. The molecular formula is C21H33N2O3+. The average Bonchev–Trinajstić information content (AvgIpc) is 2.60. The molecule has 0 aromatic heterocycles. The van der Waals surface area contributed by atoms with E-state index in [4.69, 9.17) is 4.74 Å². The number of hydrogen-bond acceptors (Lipinski definition) is 3. The topological polar surface area (TPSA) is 55.4 Å². The second-order valence-electron chi connectivity index (χ2n) is 7.15. The molecule has 1 aromatic rings. The Bertz CT molecular complexity index is 653. The Morgan fingerprint density at radius 1 is 1.12 bits per heavy atom. The predicted octanol–water partition coefficient (Wildman–Crippen LogP) is 3.91. The maximum absolute atomic E-state index is 13.4. The second kappa shape index (κ2) is 8.21. The van der Waals surface area contributed by atoms with Crippen molar-refractivity contribution in [2.75, 3.05) is 31.6 Å². The molecule has 144 valence electrons. The van der Waals surface area contributed by atoms with Gasteiger partial charge in [0.1, 0.15) is 0 Å². The minimum atomic E-state index is -0.396. The molecule has 2 rings (SSSR count). The van der Waals surface area contributed by atoms with Crippen LogP contribution in [0.25, 0.3) is 0 Å². The third-order valence-corrected chi connectivity index (χ3v) is 6.33. The van der Waals surface area contributed by atoms with Crippen molar-refractivity contribution >= 4 is 17.6 Å². The Hall–Kier alpha value is -1.88. The molecule has 0 radical (unpaired) electrons. The van der Waals surface area contributed by atoms with Crippen LogP contribution >= 0.6 is 0 Å². The Kier molecular flexibility index (Phi) is 6.45. The minimum Gasteiger partial charge on any atom is -0.462 e. The summed E-state index contributed by atoms with van der Waals surface area (Å²) >= 11 is 0. The SMILES string of the molecule is CCOC(=O)c1cccc(C)c1NC(=O)C1([N+](CC)(CC)CC)CCC1. The van der Waals surface area contributed by atoms with E-state index in [9.17, 15) is 9.59 Å². The lowest BCUT2D eigenvalue weighted by atomic mass is 9.72. The molecular weight excluding hydrogens is 328 g/mol. The molecule has 0 aliphatic heterocycles. The smallest absolute Gasteiger partial charge is 0.340 e. The third kappa shape index (κ3) is 3.25. The van der Waals surface area contributed by atoms with E-state index >= 15 is 0 Å². The normalized spacial score (nSPS) is 15.9. The van der Waals surface area contributed by atoms with Crippen LogP contribution in [-0.4, -0.2) is 48.1 Å². The number of carbonyl (C=O) groups excluding carboxylic acids is 2. The van der Waals surface area contributed by atoms with E-state index in [1.807, 2.05) is 19.1 Å². The van der Waals surface area contributed by atoms with Crippen LogP contribution in [0.1, 0.15) is 62.9 Å². The largest absolute Gasteiger partial charge is 0.462 e. The first-order valence-corrected chi connectivity index (χ1v) is 9.85. The molecule has 1 aliphatic rings. The molecule has 0 spiro atoms. The molecule has 1 N–H and O–H groups in total. The molecule has 0 heterocycles. The molecule has 1 aromatic carbocycles. The van der Waals surface area contributed by atoms with Crippen LogP contribution in [0, 0.1) is 6.92 Å². The Balaban J connectivity index is 2.39. The Labute approximate surface area is 157 Å². The number of quaternary nitrogens is 1. The molecule has 0 bridgehead atoms. The lowest BCUT2D eigenvalue weighted by Crippen LogP contribution is -2.72. The van der Waals surface area contributed by atoms with Crippen molar-refractivity contribution in [1.29, 1.82) is 0 Å². The zero-order valence-electron chi connectivity index (χ0n) is 16.9. The molecule has 1 aliphatic carbocycles. The number of hydrogen-bond donors (Lipinski definition) is 1. The van der Waals surface area contributed by atoms with E-state index in [0.29, 0.717) is 17.9 Å². The minimum absolute atomic E-state index is 0.0362. The van der Waals surface area contributed by atoms with Gasteiger partial charge in [-0.25, -0.2) is 4.79 Å². The Morgan fingerprint density at radius 3 is 2.19 bits per heavy atom. The van der Waals surface area contributed by atoms with Crippen LogP contribution in [0.5, 0.6) is 0 Å². The zero-order chi connectivity index (χ0) is 19.4. The predicted molar refractivity (Wildman–Crippen MR) is 104 cm³/mol. The highest BCUT2D eigenvalue weighted by Crippen LogP contribution is 2.44. The summed E-state index contributed by atoms with van der Waals surface area (Å²) in [6, 6.07) is 5.45. The Morgan fingerprint density at radius 2 is 1.73 bits per heavy atom. The summed E-state index contributed by atoms with van der Waals surface area (Å²) in [5.74, 6) is -0.356. The van der Waals surface area contributed by atoms with Gasteiger partial charge in [0.2, 0.25) is 0 Å². The van der Waals surface area contributed by atoms with Gasteiger partial charge in [0.25, 0.3) is 5.91 Å². The van der Waals surface area contributed by atoms with Gasteiger partial charge in [-0.05, 0) is 52.7 Å². The van der Waals surface area contributed by atoms with E-state index in [1.165, 1.54) is 0 Å². The number of ether oxygens (including phenoxy) is 1. The van der Waals surface area contributed by atoms with E-state index < -0.39 is 11.5 Å². The molecule has 5 heteroatoms. The zero-order valence-corrected chi connectivity index (χ0v) is 16.9. The van der Waals surface area contributed by atoms with Crippen LogP contribution in [0.2, 0.25) is 0 Å². The first-order chi connectivity index (χ1) is 12.4. The van der Waals surface area contributed by atoms with Gasteiger partial charge >= 0.3 is 5.97 Å². The fraction of sp³-hybridized carbons (Fsp3) is 0.619. The molecule has 5 nitrogen and oxygen atoms in total. The number of benzene rings is 1. The van der Waals surface area contributed by atoms with Crippen molar-refractivity contribution in [2.24, 2.45) is 0 Å². The molecule has 26 heavy (non-hydrogen) atoms. The molecule has 1 amide bonds. The fourth-order valence-corrected chi connectivity index (χ4v) is 4.45. The molecule has 0 atom stereocenters. The summed E-state index contributed by atoms with van der Waals surface area (Å²) < 4.78 is 5.96. The first-order valence-electron chi connectivity index (χ1n) is 9.85. The highest BCUT2D eigenvalue weighted by molar-refractivity contribution is 6.05. The number of nitrogens with zero attached hydrogens (tertiary/aromatic N) is 1. The van der Waals surface area contributed by atoms with Gasteiger partial charge < -0.3 is 14.5 Å². The van der Waals surface area contributed by atoms with Crippen molar-refractivity contribution in [2.45, 2.75) is 59.4 Å². The summed E-state index contributed by atoms with van der Waals surface area (Å²) in [5.41, 5.74) is 1.49. The maximum Gasteiger partial charge on any atom is 0.340 e. The van der Waals surface area contributed by atoms with E-state index in [2.05, 4.69) is 26.1 Å². The van der Waals surface area contributed by atoms with Gasteiger partial charge in [0, 0.05) is 12.8 Å². The maximum atomic E-state index is 13.4. The van der Waals surface area contributed by atoms with Gasteiger partial charge in [-0.2, -0.15) is 0 Å². The van der Waals surface area contributed by atoms with E-state index in [0.717, 1.165) is 48.9 Å². The van der Waals surface area contributed by atoms with Crippen molar-refractivity contribution < 1.29 is 18.8 Å². The number of para-hydroxylation sites is 1. The number of esters is 1. The van der Waals surface area contributed by atoms with Gasteiger partial charge in [-0.1, -0.05) is 12.1 Å². The summed E-state index contributed by atoms with van der Waals surface area (Å²) in [7, 11) is 0. The van der Waals surface area contributed by atoms with Crippen LogP contribution in [0.3, 0.4) is 0 Å². The van der Waals surface area contributed by atoms with Gasteiger partial charge in [-0.3, -0.25) is 4.79 Å². The van der Waals surface area contributed by atoms with Crippen LogP contribution in [0.15, 0.2) is 18.2 Å². The number of likely N-dealkylation sites (N-methyl/N-ethyl adjacent to an activating group) is 1. The number of aryl methyl sites for hydroxylation is 1. The van der Waals surface area contributed by atoms with Crippen LogP contribution in [-0.2, 0) is 9.53 Å². The number of anilines is 1. The third-order valence-electron chi connectivity index (χ3n) is 6.33. The molecule has 1 fully saturated rings. The summed E-state index contributed by atoms with van der Waals surface area (Å²) in [5, 5.41) is 3.11. The fourth-order valence-electron chi connectivity index (χ4n) is 4.45. The number of nitrogens with one attached hydrogen (secondary N) is 1. The van der Waals surface area contributed by atoms with Crippen LogP contribution in [0.4, 0.5) is 5.69 Å². The van der Waals surface area contributed by atoms with Crippen molar-refractivity contribution in [3.63, 3.8) is 0 Å². The lowest BCUT2D eigenvalue weighted by Gasteiger charge is -2.55. The van der Waals surface area contributed by atoms with Crippen LogP contribution < -0.4 is 5.32 Å². The summed E-state index contributed by atoms with van der Waals surface area (Å²) in [6.45, 7) is 13.3. The molecule has 0 unspecified atom stereocenters. The summed E-state index contributed by atoms with van der Waals surface area (Å²) in [4.78, 5) is 25.8. The number of carbonyl (C=O) groups is 2. The van der Waals surface area contributed by atoms with Gasteiger partial charge in [0.15, 0.2) is 5.54 Å². The lowest BCUT2D eigenvalue weighted by molar-refractivity contribution is -0.967. The van der Waals surface area contributed by atoms with E-state index in [-0.39, 0.29) is 5.91 Å². The monoisotopic (exact) mass is 361 g/mol. The average molecular weight is 362 g/mol. The van der Waals surface area contributed by atoms with E-state index in [1.54, 1.807) is 13.0 Å². The van der Waals surface area contributed by atoms with Crippen molar-refractivity contribution in [1.82, 2.24) is 0 Å². The first kappa shape index (κ1) is 20.4. The standard InChI is InChI=1S/C21H32N2O3/c1-6-23(7-2,8-3)21(14-11-15-21)20(25)22-18-16(5)12-10-13-17(18)19(24)26-9-4/h10,12-13H,6-9,11,14-15H2,1-5H3/p+1. The summed E-state index contributed by atoms with van der Waals surface area (Å²) in [6.07, 6.45) is 2.87. The highest BCUT2D eigenvalue weighted by Gasteiger charge is 2.58. The van der Waals surface area contributed by atoms with Gasteiger partial charge in [0.05, 0.1) is 37.5 Å². The number of amides is 1. The van der Waals surface area contributed by atoms with Crippen molar-refractivity contribution in [3.8, 4) is 0 Å². The van der Waals surface area contributed by atoms with Gasteiger partial charge in [-0.15, -0.1) is 0 Å². The second-order valence-corrected chi connectivity index (χ2v) is 7.15.